The lowest BCUT2D eigenvalue weighted by atomic mass is 10.0. The number of nitrogens with one attached hydrogen (secondary N) is 2. The molecule has 146 valence electrons. The van der Waals surface area contributed by atoms with Crippen LogP contribution in [0.1, 0.15) is 47.3 Å². The topological polar surface area (TPSA) is 78.5 Å². The molecule has 0 spiro atoms. The summed E-state index contributed by atoms with van der Waals surface area (Å²) in [4.78, 5) is 39.6. The van der Waals surface area contributed by atoms with Crippen LogP contribution in [0.25, 0.3) is 0 Å². The second-order valence-electron chi connectivity index (χ2n) is 7.29. The SMILES string of the molecule is O=C(Nc1ccc2c(c1)CCCN2C(=O)c1cccs1)C(=O)NC1CCCC1. The molecule has 2 heterocycles. The summed E-state index contributed by atoms with van der Waals surface area (Å²) in [5.41, 5.74) is 2.46. The maximum absolute atomic E-state index is 12.8. The monoisotopic (exact) mass is 397 g/mol. The minimum absolute atomic E-state index is 0.00340. The van der Waals surface area contributed by atoms with Gasteiger partial charge in [0.2, 0.25) is 0 Å². The van der Waals surface area contributed by atoms with Crippen molar-refractivity contribution in [3.8, 4) is 0 Å². The summed E-state index contributed by atoms with van der Waals surface area (Å²) in [7, 11) is 0. The zero-order chi connectivity index (χ0) is 19.5. The predicted molar refractivity (Wildman–Crippen MR) is 110 cm³/mol. The Kier molecular flexibility index (Phi) is 5.43. The molecule has 0 unspecified atom stereocenters. The van der Waals surface area contributed by atoms with Crippen molar-refractivity contribution in [3.63, 3.8) is 0 Å². The molecule has 1 aromatic carbocycles. The summed E-state index contributed by atoms with van der Waals surface area (Å²) in [5, 5.41) is 7.38. The third-order valence-corrected chi connectivity index (χ3v) is 6.19. The number of fused-ring (bicyclic) bond motifs is 1. The number of carbonyl (C=O) groups excluding carboxylic acids is 3. The number of carbonyl (C=O) groups is 3. The van der Waals surface area contributed by atoms with Gasteiger partial charge in [0.25, 0.3) is 5.91 Å². The molecule has 2 N–H and O–H groups in total. The molecule has 2 aromatic rings. The maximum Gasteiger partial charge on any atom is 0.313 e. The largest absolute Gasteiger partial charge is 0.345 e. The summed E-state index contributed by atoms with van der Waals surface area (Å²) in [6, 6.07) is 9.28. The van der Waals surface area contributed by atoms with Crippen LogP contribution in [0.15, 0.2) is 35.7 Å². The Hall–Kier alpha value is -2.67. The summed E-state index contributed by atoms with van der Waals surface area (Å²) in [6.07, 6.45) is 5.76. The number of thiophene rings is 1. The number of nitrogens with zero attached hydrogens (tertiary/aromatic N) is 1. The van der Waals surface area contributed by atoms with Gasteiger partial charge in [-0.1, -0.05) is 18.9 Å². The van der Waals surface area contributed by atoms with Crippen molar-refractivity contribution in [1.82, 2.24) is 5.32 Å². The highest BCUT2D eigenvalue weighted by Gasteiger charge is 2.25. The fraction of sp³-hybridized carbons (Fsp3) is 0.381. The van der Waals surface area contributed by atoms with E-state index in [0.717, 1.165) is 49.8 Å². The van der Waals surface area contributed by atoms with E-state index in [1.807, 2.05) is 29.6 Å². The van der Waals surface area contributed by atoms with E-state index in [4.69, 9.17) is 0 Å². The minimum atomic E-state index is -0.644. The molecule has 0 bridgehead atoms. The molecule has 0 radical (unpaired) electrons. The smallest absolute Gasteiger partial charge is 0.313 e. The van der Waals surface area contributed by atoms with E-state index >= 15 is 0 Å². The summed E-state index contributed by atoms with van der Waals surface area (Å²) in [5.74, 6) is -1.23. The van der Waals surface area contributed by atoms with E-state index in [9.17, 15) is 14.4 Å². The molecular weight excluding hydrogens is 374 g/mol. The van der Waals surface area contributed by atoms with Gasteiger partial charge >= 0.3 is 11.8 Å². The lowest BCUT2D eigenvalue weighted by Gasteiger charge is -2.29. The van der Waals surface area contributed by atoms with Gasteiger partial charge in [0.15, 0.2) is 0 Å². The average Bonchev–Trinajstić information content (AvgIpc) is 3.41. The van der Waals surface area contributed by atoms with Crippen LogP contribution in [0.2, 0.25) is 0 Å². The van der Waals surface area contributed by atoms with Gasteiger partial charge in [-0.15, -0.1) is 11.3 Å². The van der Waals surface area contributed by atoms with Crippen LogP contribution >= 0.6 is 11.3 Å². The molecule has 1 aliphatic carbocycles. The molecule has 2 aliphatic rings. The standard InChI is InChI=1S/C21H23N3O3S/c25-19(22-15-6-1-2-7-15)20(26)23-16-9-10-17-14(13-16)5-3-11-24(17)21(27)18-8-4-12-28-18/h4,8-10,12-13,15H,1-3,5-7,11H2,(H,22,25)(H,23,26). The fourth-order valence-corrected chi connectivity index (χ4v) is 4.60. The van der Waals surface area contributed by atoms with E-state index in [0.29, 0.717) is 17.1 Å². The number of rotatable bonds is 3. The zero-order valence-corrected chi connectivity index (χ0v) is 16.4. The summed E-state index contributed by atoms with van der Waals surface area (Å²) in [6.45, 7) is 0.680. The first kappa shape index (κ1) is 18.7. The molecule has 1 aliphatic heterocycles. The normalized spacial score (nSPS) is 16.5. The number of anilines is 2. The van der Waals surface area contributed by atoms with Crippen molar-refractivity contribution in [1.29, 1.82) is 0 Å². The quantitative estimate of drug-likeness (QED) is 0.780. The van der Waals surface area contributed by atoms with Gasteiger partial charge in [-0.2, -0.15) is 0 Å². The maximum atomic E-state index is 12.8. The molecule has 28 heavy (non-hydrogen) atoms. The van der Waals surface area contributed by atoms with Crippen molar-refractivity contribution in [2.45, 2.75) is 44.6 Å². The lowest BCUT2D eigenvalue weighted by Crippen LogP contribution is -2.40. The number of aryl methyl sites for hydroxylation is 1. The third kappa shape index (κ3) is 3.94. The molecule has 0 atom stereocenters. The highest BCUT2D eigenvalue weighted by molar-refractivity contribution is 7.12. The van der Waals surface area contributed by atoms with Gasteiger partial charge in [-0.05, 0) is 60.9 Å². The van der Waals surface area contributed by atoms with E-state index in [1.165, 1.54) is 11.3 Å². The van der Waals surface area contributed by atoms with Crippen molar-refractivity contribution >= 4 is 40.4 Å². The van der Waals surface area contributed by atoms with E-state index < -0.39 is 11.8 Å². The van der Waals surface area contributed by atoms with Crippen molar-refractivity contribution < 1.29 is 14.4 Å². The number of amides is 3. The number of benzene rings is 1. The third-order valence-electron chi connectivity index (χ3n) is 5.33. The van der Waals surface area contributed by atoms with Crippen LogP contribution in [0.3, 0.4) is 0 Å². The number of hydrogen-bond donors (Lipinski definition) is 2. The molecule has 4 rings (SSSR count). The van der Waals surface area contributed by atoms with Gasteiger partial charge in [0.05, 0.1) is 4.88 Å². The Labute approximate surface area is 167 Å². The first-order valence-electron chi connectivity index (χ1n) is 9.72. The van der Waals surface area contributed by atoms with Crippen LogP contribution in [-0.4, -0.2) is 30.3 Å². The van der Waals surface area contributed by atoms with E-state index in [1.54, 1.807) is 11.0 Å². The lowest BCUT2D eigenvalue weighted by molar-refractivity contribution is -0.136. The second kappa shape index (κ2) is 8.14. The molecule has 7 heteroatoms. The highest BCUT2D eigenvalue weighted by atomic mass is 32.1. The average molecular weight is 398 g/mol. The van der Waals surface area contributed by atoms with Gasteiger partial charge in [0.1, 0.15) is 0 Å². The van der Waals surface area contributed by atoms with E-state index in [-0.39, 0.29) is 11.9 Å². The summed E-state index contributed by atoms with van der Waals surface area (Å²) < 4.78 is 0. The second-order valence-corrected chi connectivity index (χ2v) is 8.24. The highest BCUT2D eigenvalue weighted by Crippen LogP contribution is 2.31. The van der Waals surface area contributed by atoms with Crippen LogP contribution in [0.4, 0.5) is 11.4 Å². The van der Waals surface area contributed by atoms with Crippen LogP contribution in [0.5, 0.6) is 0 Å². The van der Waals surface area contributed by atoms with Gasteiger partial charge < -0.3 is 15.5 Å². The van der Waals surface area contributed by atoms with Crippen molar-refractivity contribution in [2.75, 3.05) is 16.8 Å². The Bertz CT molecular complexity index is 888. The van der Waals surface area contributed by atoms with Gasteiger partial charge in [-0.25, -0.2) is 0 Å². The van der Waals surface area contributed by atoms with Crippen molar-refractivity contribution in [3.05, 3.63) is 46.2 Å². The van der Waals surface area contributed by atoms with Crippen LogP contribution in [0, 0.1) is 0 Å². The molecule has 1 aromatic heterocycles. The van der Waals surface area contributed by atoms with Crippen LogP contribution in [-0.2, 0) is 16.0 Å². The fourth-order valence-electron chi connectivity index (χ4n) is 3.93. The van der Waals surface area contributed by atoms with Gasteiger partial charge in [0, 0.05) is 24.0 Å². The molecule has 6 nitrogen and oxygen atoms in total. The molecular formula is C21H23N3O3S. The first-order valence-corrected chi connectivity index (χ1v) is 10.6. The molecule has 1 saturated carbocycles. The molecule has 3 amide bonds. The summed E-state index contributed by atoms with van der Waals surface area (Å²) >= 11 is 1.43. The Morgan fingerprint density at radius 1 is 1.04 bits per heavy atom. The van der Waals surface area contributed by atoms with Crippen molar-refractivity contribution in [2.24, 2.45) is 0 Å². The first-order chi connectivity index (χ1) is 13.6. The Balaban J connectivity index is 1.45. The zero-order valence-electron chi connectivity index (χ0n) is 15.6. The Morgan fingerprint density at radius 2 is 1.86 bits per heavy atom. The molecule has 1 fully saturated rings. The van der Waals surface area contributed by atoms with Crippen LogP contribution < -0.4 is 15.5 Å². The number of hydrogen-bond acceptors (Lipinski definition) is 4. The van der Waals surface area contributed by atoms with E-state index in [2.05, 4.69) is 10.6 Å². The Morgan fingerprint density at radius 3 is 2.61 bits per heavy atom. The predicted octanol–water partition coefficient (Wildman–Crippen LogP) is 3.34. The molecule has 0 saturated heterocycles. The minimum Gasteiger partial charge on any atom is -0.345 e. The van der Waals surface area contributed by atoms with Gasteiger partial charge in [-0.3, -0.25) is 14.4 Å².